The quantitative estimate of drug-likeness (QED) is 0.931. The zero-order valence-corrected chi connectivity index (χ0v) is 12.4. The standard InChI is InChI=1S/C13H11BrO4S/c1-18-12-7-10(14)13(8-11(12)15)19(16,17)9-5-3-2-4-6-9/h2-8,15H,1H3. The van der Waals surface area contributed by atoms with Crippen LogP contribution < -0.4 is 4.74 Å². The lowest BCUT2D eigenvalue weighted by Gasteiger charge is -2.10. The maximum Gasteiger partial charge on any atom is 0.207 e. The topological polar surface area (TPSA) is 63.6 Å². The lowest BCUT2D eigenvalue weighted by Crippen LogP contribution is -2.03. The van der Waals surface area contributed by atoms with E-state index in [0.29, 0.717) is 4.47 Å². The molecule has 100 valence electrons. The molecular formula is C13H11BrO4S. The zero-order valence-electron chi connectivity index (χ0n) is 10.00. The van der Waals surface area contributed by atoms with Crippen molar-refractivity contribution in [1.82, 2.24) is 0 Å². The summed E-state index contributed by atoms with van der Waals surface area (Å²) < 4.78 is 30.1. The number of aromatic hydroxyl groups is 1. The highest BCUT2D eigenvalue weighted by atomic mass is 79.9. The predicted octanol–water partition coefficient (Wildman–Crippen LogP) is 3.00. The summed E-state index contributed by atoms with van der Waals surface area (Å²) in [4.78, 5) is 0.164. The first-order chi connectivity index (χ1) is 8.96. The molecule has 0 spiro atoms. The molecule has 0 amide bonds. The minimum Gasteiger partial charge on any atom is -0.504 e. The molecule has 0 fully saturated rings. The first kappa shape index (κ1) is 13.9. The van der Waals surface area contributed by atoms with E-state index in [2.05, 4.69) is 15.9 Å². The van der Waals surface area contributed by atoms with Gasteiger partial charge in [-0.1, -0.05) is 18.2 Å². The third kappa shape index (κ3) is 2.59. The molecule has 0 aliphatic carbocycles. The Hall–Kier alpha value is -1.53. The number of halogens is 1. The largest absolute Gasteiger partial charge is 0.504 e. The summed E-state index contributed by atoms with van der Waals surface area (Å²) >= 11 is 3.18. The molecule has 6 heteroatoms. The van der Waals surface area contributed by atoms with Gasteiger partial charge in [-0.25, -0.2) is 8.42 Å². The molecule has 0 radical (unpaired) electrons. The summed E-state index contributed by atoms with van der Waals surface area (Å²) in [6, 6.07) is 10.6. The van der Waals surface area contributed by atoms with E-state index in [4.69, 9.17) is 4.74 Å². The molecule has 19 heavy (non-hydrogen) atoms. The van der Waals surface area contributed by atoms with Crippen molar-refractivity contribution >= 4 is 25.8 Å². The van der Waals surface area contributed by atoms with Crippen LogP contribution in [0.15, 0.2) is 56.7 Å². The minimum absolute atomic E-state index is 0.00278. The van der Waals surface area contributed by atoms with Crippen LogP contribution in [0, 0.1) is 0 Å². The van der Waals surface area contributed by atoms with Gasteiger partial charge in [0.2, 0.25) is 9.84 Å². The van der Waals surface area contributed by atoms with Gasteiger partial charge in [-0.15, -0.1) is 0 Å². The molecule has 0 heterocycles. The normalized spacial score (nSPS) is 11.3. The molecule has 0 aliphatic heterocycles. The number of hydrogen-bond acceptors (Lipinski definition) is 4. The van der Waals surface area contributed by atoms with Crippen molar-refractivity contribution in [3.63, 3.8) is 0 Å². The Morgan fingerprint density at radius 3 is 2.37 bits per heavy atom. The second-order valence-electron chi connectivity index (χ2n) is 3.77. The van der Waals surface area contributed by atoms with Crippen LogP contribution in [0.5, 0.6) is 11.5 Å². The number of ether oxygens (including phenoxy) is 1. The highest BCUT2D eigenvalue weighted by molar-refractivity contribution is 9.10. The summed E-state index contributed by atoms with van der Waals surface area (Å²) in [5.74, 6) is -0.0147. The van der Waals surface area contributed by atoms with Crippen LogP contribution in [-0.2, 0) is 9.84 Å². The molecule has 4 nitrogen and oxygen atoms in total. The van der Waals surface area contributed by atoms with E-state index in [1.54, 1.807) is 18.2 Å². The maximum absolute atomic E-state index is 12.4. The monoisotopic (exact) mass is 342 g/mol. The fourth-order valence-corrected chi connectivity index (χ4v) is 3.93. The van der Waals surface area contributed by atoms with Gasteiger partial charge in [0.25, 0.3) is 0 Å². The Morgan fingerprint density at radius 2 is 1.79 bits per heavy atom. The maximum atomic E-state index is 12.4. The highest BCUT2D eigenvalue weighted by Crippen LogP contribution is 2.36. The summed E-state index contributed by atoms with van der Waals surface area (Å²) in [6.45, 7) is 0. The van der Waals surface area contributed by atoms with E-state index >= 15 is 0 Å². The molecule has 0 unspecified atom stereocenters. The van der Waals surface area contributed by atoms with Crippen molar-refractivity contribution in [2.24, 2.45) is 0 Å². The summed E-state index contributed by atoms with van der Waals surface area (Å²) in [7, 11) is -2.28. The lowest BCUT2D eigenvalue weighted by atomic mass is 10.3. The molecule has 0 atom stereocenters. The van der Waals surface area contributed by atoms with E-state index in [0.717, 1.165) is 0 Å². The van der Waals surface area contributed by atoms with E-state index in [-0.39, 0.29) is 21.3 Å². The summed E-state index contributed by atoms with van der Waals surface area (Å²) in [5.41, 5.74) is 0. The molecule has 0 aliphatic rings. The van der Waals surface area contributed by atoms with Crippen molar-refractivity contribution in [2.75, 3.05) is 7.11 Å². The molecule has 0 saturated carbocycles. The molecule has 2 aromatic carbocycles. The molecule has 0 saturated heterocycles. The van der Waals surface area contributed by atoms with Crippen LogP contribution >= 0.6 is 15.9 Å². The Balaban J connectivity index is 2.63. The van der Waals surface area contributed by atoms with Gasteiger partial charge in [-0.2, -0.15) is 0 Å². The van der Waals surface area contributed by atoms with Crippen LogP contribution in [-0.4, -0.2) is 20.6 Å². The Kier molecular flexibility index (Phi) is 3.82. The van der Waals surface area contributed by atoms with Crippen LogP contribution in [0.25, 0.3) is 0 Å². The number of sulfone groups is 1. The van der Waals surface area contributed by atoms with E-state index in [1.165, 1.54) is 31.4 Å². The Morgan fingerprint density at radius 1 is 1.16 bits per heavy atom. The van der Waals surface area contributed by atoms with E-state index < -0.39 is 9.84 Å². The highest BCUT2D eigenvalue weighted by Gasteiger charge is 2.22. The molecular weight excluding hydrogens is 332 g/mol. The number of phenolic OH excluding ortho intramolecular Hbond substituents is 1. The van der Waals surface area contributed by atoms with Crippen LogP contribution in [0.4, 0.5) is 0 Å². The summed E-state index contributed by atoms with van der Waals surface area (Å²) in [5, 5.41) is 9.72. The predicted molar refractivity (Wildman–Crippen MR) is 74.3 cm³/mol. The van der Waals surface area contributed by atoms with Crippen molar-refractivity contribution in [1.29, 1.82) is 0 Å². The second kappa shape index (κ2) is 5.22. The average Bonchev–Trinajstić information content (AvgIpc) is 2.41. The first-order valence-corrected chi connectivity index (χ1v) is 7.61. The number of benzene rings is 2. The Bertz CT molecular complexity index is 696. The first-order valence-electron chi connectivity index (χ1n) is 5.33. The van der Waals surface area contributed by atoms with Gasteiger partial charge in [-0.05, 0) is 34.1 Å². The molecule has 1 N–H and O–H groups in total. The van der Waals surface area contributed by atoms with Gasteiger partial charge in [-0.3, -0.25) is 0 Å². The number of rotatable bonds is 3. The molecule has 0 bridgehead atoms. The zero-order chi connectivity index (χ0) is 14.0. The fourth-order valence-electron chi connectivity index (χ4n) is 1.62. The lowest BCUT2D eigenvalue weighted by molar-refractivity contribution is 0.372. The molecule has 0 aromatic heterocycles. The van der Waals surface area contributed by atoms with Gasteiger partial charge in [0.15, 0.2) is 11.5 Å². The van der Waals surface area contributed by atoms with E-state index in [9.17, 15) is 13.5 Å². The fraction of sp³-hybridized carbons (Fsp3) is 0.0769. The van der Waals surface area contributed by atoms with Gasteiger partial charge in [0, 0.05) is 10.5 Å². The van der Waals surface area contributed by atoms with Crippen molar-refractivity contribution in [3.05, 3.63) is 46.9 Å². The minimum atomic E-state index is -3.68. The second-order valence-corrected chi connectivity index (χ2v) is 6.54. The van der Waals surface area contributed by atoms with Gasteiger partial charge >= 0.3 is 0 Å². The van der Waals surface area contributed by atoms with Gasteiger partial charge in [0.1, 0.15) is 0 Å². The third-order valence-corrected chi connectivity index (χ3v) is 5.30. The number of hydrogen-bond donors (Lipinski definition) is 1. The van der Waals surface area contributed by atoms with Crippen LogP contribution in [0.2, 0.25) is 0 Å². The van der Waals surface area contributed by atoms with Crippen molar-refractivity contribution in [2.45, 2.75) is 9.79 Å². The number of methoxy groups -OCH3 is 1. The van der Waals surface area contributed by atoms with Crippen molar-refractivity contribution in [3.8, 4) is 11.5 Å². The smallest absolute Gasteiger partial charge is 0.207 e. The molecule has 2 aromatic rings. The average molecular weight is 343 g/mol. The van der Waals surface area contributed by atoms with Crippen LogP contribution in [0.1, 0.15) is 0 Å². The van der Waals surface area contributed by atoms with Crippen molar-refractivity contribution < 1.29 is 18.3 Å². The van der Waals surface area contributed by atoms with Crippen LogP contribution in [0.3, 0.4) is 0 Å². The summed E-state index contributed by atoms with van der Waals surface area (Å²) in [6.07, 6.45) is 0. The van der Waals surface area contributed by atoms with Gasteiger partial charge in [0.05, 0.1) is 16.9 Å². The SMILES string of the molecule is COc1cc(Br)c(S(=O)(=O)c2ccccc2)cc1O. The molecule has 2 rings (SSSR count). The third-order valence-electron chi connectivity index (χ3n) is 2.58. The van der Waals surface area contributed by atoms with Gasteiger partial charge < -0.3 is 9.84 Å². The van der Waals surface area contributed by atoms with E-state index in [1.807, 2.05) is 0 Å². The Labute approximate surface area is 119 Å². The number of phenols is 1.